The van der Waals surface area contributed by atoms with E-state index in [9.17, 15) is 4.79 Å². The first-order chi connectivity index (χ1) is 12.5. The van der Waals surface area contributed by atoms with E-state index >= 15 is 0 Å². The minimum absolute atomic E-state index is 0.00355. The van der Waals surface area contributed by atoms with Crippen LogP contribution >= 0.6 is 0 Å². The first-order valence-electron chi connectivity index (χ1n) is 9.77. The molecule has 5 heteroatoms. The van der Waals surface area contributed by atoms with Gasteiger partial charge in [0.1, 0.15) is 0 Å². The summed E-state index contributed by atoms with van der Waals surface area (Å²) in [5, 5.41) is 0. The molecule has 2 aromatic heterocycles. The Balaban J connectivity index is 1.65. The number of carbonyl (C=O) groups excluding carboxylic acids is 1. The Bertz CT molecular complexity index is 807. The summed E-state index contributed by atoms with van der Waals surface area (Å²) in [7, 11) is 0. The van der Waals surface area contributed by atoms with Crippen molar-refractivity contribution in [2.45, 2.75) is 71.4 Å². The van der Waals surface area contributed by atoms with Gasteiger partial charge >= 0.3 is 0 Å². The number of aromatic nitrogens is 2. The molecule has 0 aliphatic heterocycles. The molecule has 1 saturated carbocycles. The van der Waals surface area contributed by atoms with Crippen LogP contribution in [-0.2, 0) is 12.8 Å². The van der Waals surface area contributed by atoms with Gasteiger partial charge in [-0.25, -0.2) is 4.98 Å². The van der Waals surface area contributed by atoms with Crippen LogP contribution in [0.1, 0.15) is 79.0 Å². The predicted molar refractivity (Wildman–Crippen MR) is 98.9 cm³/mol. The Labute approximate surface area is 154 Å². The Hall–Kier alpha value is -2.17. The number of oxazole rings is 1. The lowest BCUT2D eigenvalue weighted by atomic mass is 9.90. The van der Waals surface area contributed by atoms with Crippen LogP contribution < -0.4 is 0 Å². The highest BCUT2D eigenvalue weighted by Gasteiger charge is 2.35. The number of carbonyl (C=O) groups is 1. The van der Waals surface area contributed by atoms with Gasteiger partial charge in [-0.05, 0) is 70.4 Å². The number of aryl methyl sites for hydroxylation is 2. The maximum atomic E-state index is 13.4. The molecule has 2 aromatic rings. The van der Waals surface area contributed by atoms with E-state index in [0.717, 1.165) is 31.4 Å². The van der Waals surface area contributed by atoms with Crippen molar-refractivity contribution in [3.8, 4) is 0 Å². The molecular formula is C21H27N3O2. The quantitative estimate of drug-likeness (QED) is 0.806. The van der Waals surface area contributed by atoms with Crippen LogP contribution in [0.15, 0.2) is 22.7 Å². The van der Waals surface area contributed by atoms with Crippen LogP contribution in [0.4, 0.5) is 0 Å². The first-order valence-corrected chi connectivity index (χ1v) is 9.77. The molecule has 2 aliphatic rings. The van der Waals surface area contributed by atoms with Crippen molar-refractivity contribution in [1.29, 1.82) is 0 Å². The van der Waals surface area contributed by atoms with Crippen LogP contribution in [0.25, 0.3) is 0 Å². The van der Waals surface area contributed by atoms with Crippen molar-refractivity contribution in [2.75, 3.05) is 0 Å². The molecule has 0 N–H and O–H groups in total. The summed E-state index contributed by atoms with van der Waals surface area (Å²) in [6, 6.07) is 4.18. The summed E-state index contributed by atoms with van der Waals surface area (Å²) < 4.78 is 5.91. The molecule has 4 rings (SSSR count). The standard InChI is InChI=1S/C21H27N3O2/c1-13(2)24(17-8-4-6-16-7-5-11-22-19(16)17)21(25)20-14(3)23-18(26-20)12-15-9-10-15/h5,7,11,13,15,17H,4,6,8-10,12H2,1-3H3. The minimum Gasteiger partial charge on any atom is -0.435 e. The lowest BCUT2D eigenvalue weighted by molar-refractivity contribution is 0.0540. The third-order valence-electron chi connectivity index (χ3n) is 5.49. The van der Waals surface area contributed by atoms with Crippen LogP contribution in [0.3, 0.4) is 0 Å². The van der Waals surface area contributed by atoms with Gasteiger partial charge in [0.05, 0.1) is 17.4 Å². The highest BCUT2D eigenvalue weighted by molar-refractivity contribution is 5.93. The fourth-order valence-corrected chi connectivity index (χ4v) is 4.02. The smallest absolute Gasteiger partial charge is 0.292 e. The Kier molecular flexibility index (Phi) is 4.55. The van der Waals surface area contributed by atoms with Gasteiger partial charge in [-0.3, -0.25) is 9.78 Å². The maximum absolute atomic E-state index is 13.4. The van der Waals surface area contributed by atoms with Gasteiger partial charge in [0.2, 0.25) is 5.76 Å². The topological polar surface area (TPSA) is 59.2 Å². The Morgan fingerprint density at radius 3 is 2.88 bits per heavy atom. The van der Waals surface area contributed by atoms with Crippen LogP contribution in [0.2, 0.25) is 0 Å². The monoisotopic (exact) mass is 353 g/mol. The zero-order chi connectivity index (χ0) is 18.3. The number of pyridine rings is 1. The lowest BCUT2D eigenvalue weighted by Gasteiger charge is -2.37. The summed E-state index contributed by atoms with van der Waals surface area (Å²) in [5.41, 5.74) is 3.00. The third-order valence-corrected chi connectivity index (χ3v) is 5.49. The van der Waals surface area contributed by atoms with Crippen molar-refractivity contribution in [3.63, 3.8) is 0 Å². The summed E-state index contributed by atoms with van der Waals surface area (Å²) in [5.74, 6) is 1.74. The van der Waals surface area contributed by atoms with E-state index in [-0.39, 0.29) is 18.0 Å². The summed E-state index contributed by atoms with van der Waals surface area (Å²) in [6.45, 7) is 6.00. The van der Waals surface area contributed by atoms with E-state index < -0.39 is 0 Å². The van der Waals surface area contributed by atoms with Gasteiger partial charge in [-0.15, -0.1) is 0 Å². The number of hydrogen-bond acceptors (Lipinski definition) is 4. The second kappa shape index (κ2) is 6.86. The third kappa shape index (κ3) is 3.27. The molecule has 0 saturated heterocycles. The van der Waals surface area contributed by atoms with E-state index in [4.69, 9.17) is 4.42 Å². The van der Waals surface area contributed by atoms with Gasteiger partial charge in [0.25, 0.3) is 5.91 Å². The summed E-state index contributed by atoms with van der Waals surface area (Å²) >= 11 is 0. The molecule has 5 nitrogen and oxygen atoms in total. The van der Waals surface area contributed by atoms with E-state index in [1.54, 1.807) is 0 Å². The molecule has 0 bridgehead atoms. The highest BCUT2D eigenvalue weighted by Crippen LogP contribution is 2.36. The molecule has 1 amide bonds. The van der Waals surface area contributed by atoms with Gasteiger partial charge < -0.3 is 9.32 Å². The largest absolute Gasteiger partial charge is 0.435 e. The predicted octanol–water partition coefficient (Wildman–Crippen LogP) is 4.26. The van der Waals surface area contributed by atoms with E-state index in [0.29, 0.717) is 23.3 Å². The normalized spacial score (nSPS) is 19.5. The fraction of sp³-hybridized carbons (Fsp3) is 0.571. The van der Waals surface area contributed by atoms with Crippen molar-refractivity contribution in [3.05, 3.63) is 46.9 Å². The van der Waals surface area contributed by atoms with E-state index in [1.165, 1.54) is 18.4 Å². The number of rotatable bonds is 5. The molecule has 2 heterocycles. The minimum atomic E-state index is -0.0597. The molecule has 138 valence electrons. The molecule has 26 heavy (non-hydrogen) atoms. The second-order valence-corrected chi connectivity index (χ2v) is 7.93. The molecule has 1 atom stereocenters. The van der Waals surface area contributed by atoms with Gasteiger partial charge in [-0.1, -0.05) is 6.07 Å². The van der Waals surface area contributed by atoms with Crippen molar-refractivity contribution in [1.82, 2.24) is 14.9 Å². The average Bonchev–Trinajstić information content (AvgIpc) is 3.35. The molecule has 1 fully saturated rings. The molecule has 0 spiro atoms. The SMILES string of the molecule is Cc1nc(CC2CC2)oc1C(=O)N(C(C)C)C1CCCc2cccnc21. The number of nitrogens with zero attached hydrogens (tertiary/aromatic N) is 3. The first kappa shape index (κ1) is 17.3. The van der Waals surface area contributed by atoms with Gasteiger partial charge in [0, 0.05) is 18.7 Å². The Morgan fingerprint density at radius 1 is 1.35 bits per heavy atom. The van der Waals surface area contributed by atoms with Gasteiger partial charge in [-0.2, -0.15) is 0 Å². The second-order valence-electron chi connectivity index (χ2n) is 7.93. The molecular weight excluding hydrogens is 326 g/mol. The van der Waals surface area contributed by atoms with E-state index in [1.807, 2.05) is 24.1 Å². The summed E-state index contributed by atoms with van der Waals surface area (Å²) in [6.07, 6.45) is 8.21. The van der Waals surface area contributed by atoms with Crippen LogP contribution in [-0.4, -0.2) is 26.8 Å². The van der Waals surface area contributed by atoms with Gasteiger partial charge in [0.15, 0.2) is 5.89 Å². The Morgan fingerprint density at radius 2 is 2.15 bits per heavy atom. The summed E-state index contributed by atoms with van der Waals surface area (Å²) in [4.78, 5) is 24.5. The zero-order valence-corrected chi connectivity index (χ0v) is 15.9. The van der Waals surface area contributed by atoms with Crippen molar-refractivity contribution in [2.24, 2.45) is 5.92 Å². The number of amides is 1. The zero-order valence-electron chi connectivity index (χ0n) is 15.9. The average molecular weight is 353 g/mol. The number of hydrogen-bond donors (Lipinski definition) is 0. The van der Waals surface area contributed by atoms with Crippen molar-refractivity contribution >= 4 is 5.91 Å². The molecule has 1 unspecified atom stereocenters. The van der Waals surface area contributed by atoms with Crippen molar-refractivity contribution < 1.29 is 9.21 Å². The fourth-order valence-electron chi connectivity index (χ4n) is 4.02. The highest BCUT2D eigenvalue weighted by atomic mass is 16.4. The molecule has 2 aliphatic carbocycles. The van der Waals surface area contributed by atoms with E-state index in [2.05, 4.69) is 29.9 Å². The van der Waals surface area contributed by atoms with Crippen LogP contribution in [0, 0.1) is 12.8 Å². The number of fused-ring (bicyclic) bond motifs is 1. The molecule has 0 aromatic carbocycles. The lowest BCUT2D eigenvalue weighted by Crippen LogP contribution is -2.42. The van der Waals surface area contributed by atoms with Crippen LogP contribution in [0.5, 0.6) is 0 Å². The molecule has 0 radical (unpaired) electrons. The maximum Gasteiger partial charge on any atom is 0.292 e.